The lowest BCUT2D eigenvalue weighted by atomic mass is 10.1. The predicted molar refractivity (Wildman–Crippen MR) is 100 cm³/mol. The average Bonchev–Trinajstić information content (AvgIpc) is 2.65. The maximum absolute atomic E-state index is 12.5. The Hall–Kier alpha value is -2.13. The van der Waals surface area contributed by atoms with Crippen molar-refractivity contribution in [2.75, 3.05) is 13.1 Å². The molecule has 0 spiro atoms. The van der Waals surface area contributed by atoms with E-state index in [1.807, 2.05) is 23.1 Å². The van der Waals surface area contributed by atoms with E-state index in [4.69, 9.17) is 4.74 Å². The van der Waals surface area contributed by atoms with Crippen LogP contribution in [0.5, 0.6) is 0 Å². The molecule has 1 atom stereocenters. The fraction of sp³-hybridized carbons (Fsp3) is 0.409. The summed E-state index contributed by atoms with van der Waals surface area (Å²) in [5.74, 6) is 0.243. The van der Waals surface area contributed by atoms with Crippen LogP contribution >= 0.6 is 0 Å². The van der Waals surface area contributed by atoms with Gasteiger partial charge in [-0.3, -0.25) is 4.79 Å². The topological polar surface area (TPSA) is 29.5 Å². The standard InChI is InChI=1S/C22H27NO2/c1-18-7-5-10-20(15-18)17-25-21-11-6-14-23(16-21)22(24)13-12-19-8-3-2-4-9-19/h2-5,7-10,15,21H,6,11-14,16-17H2,1H3. The number of carbonyl (C=O) groups is 1. The van der Waals surface area contributed by atoms with Gasteiger partial charge in [-0.15, -0.1) is 0 Å². The number of amides is 1. The van der Waals surface area contributed by atoms with Gasteiger partial charge in [0.2, 0.25) is 5.91 Å². The van der Waals surface area contributed by atoms with Crippen LogP contribution < -0.4 is 0 Å². The maximum Gasteiger partial charge on any atom is 0.222 e. The second kappa shape index (κ2) is 8.82. The van der Waals surface area contributed by atoms with E-state index in [0.29, 0.717) is 13.0 Å². The number of likely N-dealkylation sites (tertiary alicyclic amines) is 1. The molecule has 0 radical (unpaired) electrons. The summed E-state index contributed by atoms with van der Waals surface area (Å²) in [5, 5.41) is 0. The van der Waals surface area contributed by atoms with E-state index in [9.17, 15) is 4.79 Å². The first-order chi connectivity index (χ1) is 12.2. The van der Waals surface area contributed by atoms with Crippen LogP contribution in [0.3, 0.4) is 0 Å². The molecule has 3 heteroatoms. The summed E-state index contributed by atoms with van der Waals surface area (Å²) in [7, 11) is 0. The highest BCUT2D eigenvalue weighted by Gasteiger charge is 2.23. The molecule has 0 N–H and O–H groups in total. The molecule has 0 aromatic heterocycles. The van der Waals surface area contributed by atoms with Crippen LogP contribution in [0.1, 0.15) is 36.0 Å². The number of hydrogen-bond donors (Lipinski definition) is 0. The smallest absolute Gasteiger partial charge is 0.222 e. The van der Waals surface area contributed by atoms with Crippen molar-refractivity contribution in [3.05, 3.63) is 71.3 Å². The molecule has 0 aliphatic carbocycles. The lowest BCUT2D eigenvalue weighted by Crippen LogP contribution is -2.43. The van der Waals surface area contributed by atoms with Gasteiger partial charge in [-0.05, 0) is 37.3 Å². The molecular formula is C22H27NO2. The summed E-state index contributed by atoms with van der Waals surface area (Å²) in [6.07, 6.45) is 3.60. The van der Waals surface area contributed by atoms with Crippen molar-refractivity contribution in [2.45, 2.75) is 45.3 Å². The molecule has 25 heavy (non-hydrogen) atoms. The van der Waals surface area contributed by atoms with E-state index < -0.39 is 0 Å². The molecule has 3 nitrogen and oxygen atoms in total. The number of aryl methyl sites for hydroxylation is 2. The first kappa shape index (κ1) is 17.7. The van der Waals surface area contributed by atoms with Crippen molar-refractivity contribution in [2.24, 2.45) is 0 Å². The van der Waals surface area contributed by atoms with Crippen LogP contribution in [0.4, 0.5) is 0 Å². The molecule has 1 unspecified atom stereocenters. The largest absolute Gasteiger partial charge is 0.372 e. The summed E-state index contributed by atoms with van der Waals surface area (Å²) < 4.78 is 6.07. The second-order valence-electron chi connectivity index (χ2n) is 6.89. The van der Waals surface area contributed by atoms with Crippen molar-refractivity contribution in [1.82, 2.24) is 4.90 Å². The fourth-order valence-electron chi connectivity index (χ4n) is 3.37. The number of nitrogens with zero attached hydrogens (tertiary/aromatic N) is 1. The Kier molecular flexibility index (Phi) is 6.24. The minimum absolute atomic E-state index is 0.148. The van der Waals surface area contributed by atoms with Gasteiger partial charge >= 0.3 is 0 Å². The van der Waals surface area contributed by atoms with Gasteiger partial charge in [-0.2, -0.15) is 0 Å². The van der Waals surface area contributed by atoms with Gasteiger partial charge in [0, 0.05) is 19.5 Å². The third-order valence-electron chi connectivity index (χ3n) is 4.77. The van der Waals surface area contributed by atoms with Crippen molar-refractivity contribution < 1.29 is 9.53 Å². The van der Waals surface area contributed by atoms with Crippen molar-refractivity contribution in [1.29, 1.82) is 0 Å². The number of piperidine rings is 1. The van der Waals surface area contributed by atoms with Crippen molar-refractivity contribution in [3.8, 4) is 0 Å². The molecule has 1 aliphatic heterocycles. The van der Waals surface area contributed by atoms with Crippen molar-refractivity contribution in [3.63, 3.8) is 0 Å². The van der Waals surface area contributed by atoms with Crippen LogP contribution in [-0.4, -0.2) is 30.0 Å². The van der Waals surface area contributed by atoms with Gasteiger partial charge in [0.15, 0.2) is 0 Å². The Labute approximate surface area is 150 Å². The Morgan fingerprint density at radius 2 is 1.92 bits per heavy atom. The third kappa shape index (κ3) is 5.43. The first-order valence-electron chi connectivity index (χ1n) is 9.19. The number of benzene rings is 2. The molecule has 1 amide bonds. The van der Waals surface area contributed by atoms with Gasteiger partial charge in [0.05, 0.1) is 12.7 Å². The van der Waals surface area contributed by atoms with Crippen LogP contribution in [0.25, 0.3) is 0 Å². The maximum atomic E-state index is 12.5. The SMILES string of the molecule is Cc1cccc(COC2CCCN(C(=O)CCc3ccccc3)C2)c1. The first-order valence-corrected chi connectivity index (χ1v) is 9.19. The summed E-state index contributed by atoms with van der Waals surface area (Å²) in [6.45, 7) is 4.30. The van der Waals surface area contributed by atoms with Gasteiger partial charge < -0.3 is 9.64 Å². The van der Waals surface area contributed by atoms with E-state index in [-0.39, 0.29) is 12.0 Å². The van der Waals surface area contributed by atoms with E-state index in [1.54, 1.807) is 0 Å². The molecule has 1 aliphatic rings. The van der Waals surface area contributed by atoms with Gasteiger partial charge in [-0.1, -0.05) is 60.2 Å². The Morgan fingerprint density at radius 3 is 2.72 bits per heavy atom. The Balaban J connectivity index is 1.46. The molecule has 1 fully saturated rings. The number of hydrogen-bond acceptors (Lipinski definition) is 2. The highest BCUT2D eigenvalue weighted by molar-refractivity contribution is 5.76. The molecule has 132 valence electrons. The van der Waals surface area contributed by atoms with Gasteiger partial charge in [0.25, 0.3) is 0 Å². The van der Waals surface area contributed by atoms with Crippen LogP contribution in [0.2, 0.25) is 0 Å². The van der Waals surface area contributed by atoms with E-state index >= 15 is 0 Å². The molecular weight excluding hydrogens is 310 g/mol. The zero-order valence-electron chi connectivity index (χ0n) is 15.0. The fourth-order valence-corrected chi connectivity index (χ4v) is 3.37. The molecule has 0 bridgehead atoms. The molecule has 1 heterocycles. The van der Waals surface area contributed by atoms with Gasteiger partial charge in [0.1, 0.15) is 0 Å². The van der Waals surface area contributed by atoms with Crippen LogP contribution in [0, 0.1) is 6.92 Å². The number of carbonyl (C=O) groups excluding carboxylic acids is 1. The van der Waals surface area contributed by atoms with E-state index in [2.05, 4.69) is 43.3 Å². The lowest BCUT2D eigenvalue weighted by molar-refractivity contribution is -0.135. The Morgan fingerprint density at radius 1 is 1.12 bits per heavy atom. The zero-order chi connectivity index (χ0) is 17.5. The van der Waals surface area contributed by atoms with E-state index in [1.165, 1.54) is 16.7 Å². The highest BCUT2D eigenvalue weighted by atomic mass is 16.5. The molecule has 3 rings (SSSR count). The summed E-state index contributed by atoms with van der Waals surface area (Å²) in [5.41, 5.74) is 3.68. The normalized spacial score (nSPS) is 17.5. The minimum atomic E-state index is 0.148. The number of rotatable bonds is 6. The lowest BCUT2D eigenvalue weighted by Gasteiger charge is -2.33. The number of ether oxygens (including phenoxy) is 1. The highest BCUT2D eigenvalue weighted by Crippen LogP contribution is 2.17. The Bertz CT molecular complexity index is 683. The summed E-state index contributed by atoms with van der Waals surface area (Å²) in [6, 6.07) is 18.6. The summed E-state index contributed by atoms with van der Waals surface area (Å²) >= 11 is 0. The quantitative estimate of drug-likeness (QED) is 0.793. The molecule has 0 saturated carbocycles. The monoisotopic (exact) mass is 337 g/mol. The van der Waals surface area contributed by atoms with Crippen LogP contribution in [-0.2, 0) is 22.6 Å². The molecule has 1 saturated heterocycles. The van der Waals surface area contributed by atoms with Crippen molar-refractivity contribution >= 4 is 5.91 Å². The zero-order valence-corrected chi connectivity index (χ0v) is 15.0. The summed E-state index contributed by atoms with van der Waals surface area (Å²) in [4.78, 5) is 14.5. The van der Waals surface area contributed by atoms with E-state index in [0.717, 1.165) is 32.4 Å². The molecule has 2 aromatic rings. The minimum Gasteiger partial charge on any atom is -0.372 e. The second-order valence-corrected chi connectivity index (χ2v) is 6.89. The van der Waals surface area contributed by atoms with Gasteiger partial charge in [-0.25, -0.2) is 0 Å². The third-order valence-corrected chi connectivity index (χ3v) is 4.77. The average molecular weight is 337 g/mol. The van der Waals surface area contributed by atoms with Crippen LogP contribution in [0.15, 0.2) is 54.6 Å². The predicted octanol–water partition coefficient (Wildman–Crippen LogP) is 4.14. The molecule has 2 aromatic carbocycles.